The number of carbonyl (C=O) groups is 2. The third-order valence-electron chi connectivity index (χ3n) is 7.03. The second-order valence-corrected chi connectivity index (χ2v) is 9.70. The molecule has 0 radical (unpaired) electrons. The van der Waals surface area contributed by atoms with Crippen LogP contribution in [0, 0.1) is 23.2 Å². The Labute approximate surface area is 174 Å². The molecule has 29 heavy (non-hydrogen) atoms. The number of aromatic nitrogens is 2. The molecule has 6 nitrogen and oxygen atoms in total. The standard InChI is InChI=1S/C22H25ClN4O2/c23-17-3-1-16(2-4-17)20-18(12-24-26-20)21(29)27-25-19(28)11-22-8-13-5-14(9-22)7-15(6-13)10-22/h1-4,12-15H,5-11H2,(H,24,26)(H,25,28)(H,27,29). The molecule has 6 rings (SSSR count). The molecule has 4 aliphatic rings. The van der Waals surface area contributed by atoms with Crippen molar-refractivity contribution >= 4 is 23.4 Å². The highest BCUT2D eigenvalue weighted by Gasteiger charge is 2.51. The lowest BCUT2D eigenvalue weighted by atomic mass is 9.49. The van der Waals surface area contributed by atoms with Gasteiger partial charge >= 0.3 is 0 Å². The third-order valence-corrected chi connectivity index (χ3v) is 7.28. The van der Waals surface area contributed by atoms with Crippen LogP contribution < -0.4 is 10.9 Å². The van der Waals surface area contributed by atoms with Gasteiger partial charge in [-0.05, 0) is 73.8 Å². The number of aromatic amines is 1. The maximum absolute atomic E-state index is 12.6. The topological polar surface area (TPSA) is 86.9 Å². The Hall–Kier alpha value is -2.34. The van der Waals surface area contributed by atoms with Crippen molar-refractivity contribution in [1.29, 1.82) is 0 Å². The normalized spacial score (nSPS) is 29.6. The second kappa shape index (κ2) is 7.17. The Morgan fingerprint density at radius 2 is 1.66 bits per heavy atom. The number of amides is 2. The van der Waals surface area contributed by atoms with Gasteiger partial charge in [-0.3, -0.25) is 25.5 Å². The van der Waals surface area contributed by atoms with Gasteiger partial charge in [-0.25, -0.2) is 0 Å². The van der Waals surface area contributed by atoms with Crippen LogP contribution in [-0.4, -0.2) is 22.0 Å². The van der Waals surface area contributed by atoms with Gasteiger partial charge in [0.05, 0.1) is 17.5 Å². The minimum Gasteiger partial charge on any atom is -0.277 e. The summed E-state index contributed by atoms with van der Waals surface area (Å²) in [5, 5.41) is 7.45. The molecule has 4 saturated carbocycles. The van der Waals surface area contributed by atoms with Crippen LogP contribution in [0.4, 0.5) is 0 Å². The Bertz CT molecular complexity index is 901. The van der Waals surface area contributed by atoms with E-state index in [0.717, 1.165) is 23.3 Å². The van der Waals surface area contributed by atoms with Crippen molar-refractivity contribution in [3.63, 3.8) is 0 Å². The fraction of sp³-hybridized carbons (Fsp3) is 0.500. The summed E-state index contributed by atoms with van der Waals surface area (Å²) in [5.41, 5.74) is 7.12. The van der Waals surface area contributed by atoms with E-state index in [2.05, 4.69) is 21.0 Å². The second-order valence-electron chi connectivity index (χ2n) is 9.26. The molecule has 1 aromatic heterocycles. The number of halogens is 1. The van der Waals surface area contributed by atoms with Gasteiger partial charge in [0.15, 0.2) is 0 Å². The van der Waals surface area contributed by atoms with Crippen molar-refractivity contribution in [3.8, 4) is 11.3 Å². The summed E-state index contributed by atoms with van der Waals surface area (Å²) >= 11 is 5.94. The molecule has 7 heteroatoms. The van der Waals surface area contributed by atoms with Gasteiger partial charge < -0.3 is 0 Å². The average molecular weight is 413 g/mol. The summed E-state index contributed by atoms with van der Waals surface area (Å²) < 4.78 is 0. The molecule has 4 bridgehead atoms. The maximum Gasteiger partial charge on any atom is 0.273 e. The van der Waals surface area contributed by atoms with Gasteiger partial charge in [0.25, 0.3) is 5.91 Å². The first-order valence-corrected chi connectivity index (χ1v) is 10.8. The van der Waals surface area contributed by atoms with Crippen LogP contribution in [0.15, 0.2) is 30.5 Å². The predicted octanol–water partition coefficient (Wildman–Crippen LogP) is 4.10. The highest BCUT2D eigenvalue weighted by atomic mass is 35.5. The van der Waals surface area contributed by atoms with E-state index in [9.17, 15) is 9.59 Å². The molecule has 3 N–H and O–H groups in total. The molecule has 4 aliphatic carbocycles. The van der Waals surface area contributed by atoms with Gasteiger partial charge in [0.1, 0.15) is 0 Å². The first kappa shape index (κ1) is 18.7. The number of nitrogens with zero attached hydrogens (tertiary/aromatic N) is 1. The summed E-state index contributed by atoms with van der Waals surface area (Å²) in [7, 11) is 0. The molecule has 1 aromatic carbocycles. The van der Waals surface area contributed by atoms with Crippen LogP contribution >= 0.6 is 11.6 Å². The van der Waals surface area contributed by atoms with Crippen molar-refractivity contribution in [2.24, 2.45) is 23.2 Å². The summed E-state index contributed by atoms with van der Waals surface area (Å²) in [4.78, 5) is 25.3. The zero-order chi connectivity index (χ0) is 20.0. The van der Waals surface area contributed by atoms with Crippen molar-refractivity contribution in [1.82, 2.24) is 21.0 Å². The molecule has 2 aromatic rings. The number of benzene rings is 1. The number of hydrazine groups is 1. The molecule has 0 saturated heterocycles. The Morgan fingerprint density at radius 3 is 2.28 bits per heavy atom. The molecule has 0 atom stereocenters. The molecule has 0 unspecified atom stereocenters. The quantitative estimate of drug-likeness (QED) is 0.661. The van der Waals surface area contributed by atoms with Crippen LogP contribution in [0.3, 0.4) is 0 Å². The van der Waals surface area contributed by atoms with Crippen molar-refractivity contribution in [2.45, 2.75) is 44.9 Å². The van der Waals surface area contributed by atoms with Crippen LogP contribution in [0.5, 0.6) is 0 Å². The lowest BCUT2D eigenvalue weighted by Crippen LogP contribution is -2.50. The number of rotatable bonds is 4. The lowest BCUT2D eigenvalue weighted by molar-refractivity contribution is -0.130. The van der Waals surface area contributed by atoms with Crippen LogP contribution in [0.25, 0.3) is 11.3 Å². The Balaban J connectivity index is 1.21. The highest BCUT2D eigenvalue weighted by molar-refractivity contribution is 6.30. The Kier molecular flexibility index (Phi) is 4.62. The van der Waals surface area contributed by atoms with Gasteiger partial charge in [0, 0.05) is 17.0 Å². The van der Waals surface area contributed by atoms with Crippen LogP contribution in [-0.2, 0) is 4.79 Å². The summed E-state index contributed by atoms with van der Waals surface area (Å²) in [6, 6.07) is 7.15. The SMILES string of the molecule is O=C(CC12CC3CC(CC(C3)C1)C2)NNC(=O)c1cn[nH]c1-c1ccc(Cl)cc1. The molecular weight excluding hydrogens is 388 g/mol. The number of carbonyl (C=O) groups excluding carboxylic acids is 2. The monoisotopic (exact) mass is 412 g/mol. The van der Waals surface area contributed by atoms with Crippen LogP contribution in [0.1, 0.15) is 55.3 Å². The van der Waals surface area contributed by atoms with Gasteiger partial charge in [-0.1, -0.05) is 23.7 Å². The fourth-order valence-electron chi connectivity index (χ4n) is 6.38. The minimum atomic E-state index is -0.387. The van der Waals surface area contributed by atoms with E-state index in [0.29, 0.717) is 22.7 Å². The van der Waals surface area contributed by atoms with E-state index >= 15 is 0 Å². The smallest absolute Gasteiger partial charge is 0.273 e. The average Bonchev–Trinajstić information content (AvgIpc) is 3.15. The van der Waals surface area contributed by atoms with E-state index in [-0.39, 0.29) is 17.2 Å². The Morgan fingerprint density at radius 1 is 1.03 bits per heavy atom. The van der Waals surface area contributed by atoms with E-state index in [4.69, 9.17) is 11.6 Å². The van der Waals surface area contributed by atoms with Gasteiger partial charge in [-0.15, -0.1) is 0 Å². The predicted molar refractivity (Wildman–Crippen MR) is 110 cm³/mol. The van der Waals surface area contributed by atoms with Gasteiger partial charge in [0.2, 0.25) is 5.91 Å². The first-order chi connectivity index (χ1) is 14.0. The van der Waals surface area contributed by atoms with Crippen molar-refractivity contribution in [3.05, 3.63) is 41.0 Å². The highest BCUT2D eigenvalue weighted by Crippen LogP contribution is 2.61. The van der Waals surface area contributed by atoms with Gasteiger partial charge in [-0.2, -0.15) is 5.10 Å². The lowest BCUT2D eigenvalue weighted by Gasteiger charge is -2.56. The molecule has 1 heterocycles. The number of H-pyrrole nitrogens is 1. The number of nitrogens with one attached hydrogen (secondary N) is 3. The van der Waals surface area contributed by atoms with Crippen molar-refractivity contribution in [2.75, 3.05) is 0 Å². The molecule has 0 aliphatic heterocycles. The zero-order valence-corrected chi connectivity index (χ0v) is 17.0. The zero-order valence-electron chi connectivity index (χ0n) is 16.2. The van der Waals surface area contributed by atoms with E-state index in [1.54, 1.807) is 12.1 Å². The third kappa shape index (κ3) is 3.66. The summed E-state index contributed by atoms with van der Waals surface area (Å²) in [6.07, 6.45) is 9.54. The fourth-order valence-corrected chi connectivity index (χ4v) is 6.51. The molecule has 0 spiro atoms. The molecule has 152 valence electrons. The van der Waals surface area contributed by atoms with Crippen LogP contribution in [0.2, 0.25) is 5.02 Å². The largest absolute Gasteiger partial charge is 0.277 e. The molecule has 2 amide bonds. The summed E-state index contributed by atoms with van der Waals surface area (Å²) in [5.74, 6) is 1.92. The number of hydrogen-bond donors (Lipinski definition) is 3. The number of hydrogen-bond acceptors (Lipinski definition) is 3. The first-order valence-electron chi connectivity index (χ1n) is 10.4. The summed E-state index contributed by atoms with van der Waals surface area (Å²) in [6.45, 7) is 0. The van der Waals surface area contributed by atoms with Crippen molar-refractivity contribution < 1.29 is 9.59 Å². The maximum atomic E-state index is 12.6. The molecular formula is C22H25ClN4O2. The van der Waals surface area contributed by atoms with E-state index in [1.807, 2.05) is 12.1 Å². The van der Waals surface area contributed by atoms with E-state index in [1.165, 1.54) is 44.7 Å². The molecule has 4 fully saturated rings. The van der Waals surface area contributed by atoms with E-state index < -0.39 is 0 Å². The minimum absolute atomic E-state index is 0.100.